The van der Waals surface area contributed by atoms with E-state index < -0.39 is 0 Å². The summed E-state index contributed by atoms with van der Waals surface area (Å²) in [5.41, 5.74) is 3.46. The fraction of sp³-hybridized carbons (Fsp3) is 0.290. The summed E-state index contributed by atoms with van der Waals surface area (Å²) >= 11 is 0. The molecule has 0 unspecified atom stereocenters. The van der Waals surface area contributed by atoms with Crippen molar-refractivity contribution in [2.24, 2.45) is 0 Å². The quantitative estimate of drug-likeness (QED) is 0.340. The molecule has 0 atom stereocenters. The average molecular weight is 530 g/mol. The van der Waals surface area contributed by atoms with Crippen molar-refractivity contribution in [2.75, 3.05) is 44.3 Å². The third-order valence-corrected chi connectivity index (χ3v) is 7.02. The van der Waals surface area contributed by atoms with Gasteiger partial charge in [-0.3, -0.25) is 19.4 Å². The van der Waals surface area contributed by atoms with E-state index in [0.29, 0.717) is 29.1 Å². The second-order valence-corrected chi connectivity index (χ2v) is 9.68. The summed E-state index contributed by atoms with van der Waals surface area (Å²) in [5.74, 6) is 0.0580. The lowest BCUT2D eigenvalue weighted by molar-refractivity contribution is -0.117. The Morgan fingerprint density at radius 1 is 0.949 bits per heavy atom. The van der Waals surface area contributed by atoms with Crippen LogP contribution in [0, 0.1) is 5.82 Å². The molecule has 2 amide bonds. The van der Waals surface area contributed by atoms with Crippen LogP contribution in [0.4, 0.5) is 10.1 Å². The molecular formula is C31H32FN3O4. The minimum absolute atomic E-state index is 0.127. The van der Waals surface area contributed by atoms with Crippen LogP contribution in [0.1, 0.15) is 34.8 Å². The number of carbonyl (C=O) groups excluding carboxylic acids is 2. The van der Waals surface area contributed by atoms with Gasteiger partial charge in [-0.25, -0.2) is 4.39 Å². The maximum Gasteiger partial charge on any atom is 0.294 e. The highest BCUT2D eigenvalue weighted by Gasteiger charge is 2.32. The number of halogens is 1. The largest absolute Gasteiger partial charge is 0.449 e. The van der Waals surface area contributed by atoms with Gasteiger partial charge >= 0.3 is 0 Å². The molecule has 0 aliphatic carbocycles. The Kier molecular flexibility index (Phi) is 8.34. The third kappa shape index (κ3) is 6.35. The number of carbonyl (C=O) groups is 2. The first-order valence-electron chi connectivity index (χ1n) is 13.2. The molecule has 2 heterocycles. The van der Waals surface area contributed by atoms with Gasteiger partial charge in [-0.2, -0.15) is 0 Å². The van der Waals surface area contributed by atoms with Crippen molar-refractivity contribution in [3.63, 3.8) is 0 Å². The van der Waals surface area contributed by atoms with Crippen LogP contribution in [0.15, 0.2) is 78.6 Å². The van der Waals surface area contributed by atoms with Gasteiger partial charge in [0.1, 0.15) is 5.82 Å². The number of nitrogens with zero attached hydrogens (tertiary/aromatic N) is 2. The monoisotopic (exact) mass is 529 g/mol. The SMILES string of the molecule is C/C(=C1/Oc2ccccc2N(Cc2ccc(F)cc2)C1=O)c1ccc(C(=O)NCCCN2CCOCC2)cc1. The molecule has 0 radical (unpaired) electrons. The summed E-state index contributed by atoms with van der Waals surface area (Å²) in [5, 5.41) is 2.98. The summed E-state index contributed by atoms with van der Waals surface area (Å²) in [7, 11) is 0. The molecule has 1 fully saturated rings. The van der Waals surface area contributed by atoms with Gasteiger partial charge in [0.2, 0.25) is 0 Å². The van der Waals surface area contributed by atoms with Gasteiger partial charge in [0, 0.05) is 30.8 Å². The molecule has 5 rings (SSSR count). The standard InChI is InChI=1S/C31H32FN3O4/c1-22(24-9-11-25(12-10-24)30(36)33-15-4-16-34-17-19-38-20-18-34)29-31(37)35(21-23-7-13-26(32)14-8-23)27-5-2-3-6-28(27)39-29/h2-3,5-14H,4,15-21H2,1H3,(H,33,36)/b29-22-. The fourth-order valence-electron chi connectivity index (χ4n) is 4.75. The van der Waals surface area contributed by atoms with E-state index >= 15 is 0 Å². The zero-order valence-electron chi connectivity index (χ0n) is 22.0. The van der Waals surface area contributed by atoms with Crippen LogP contribution in [0.25, 0.3) is 5.57 Å². The second kappa shape index (κ2) is 12.2. The fourth-order valence-corrected chi connectivity index (χ4v) is 4.75. The molecule has 0 bridgehead atoms. The van der Waals surface area contributed by atoms with E-state index in [4.69, 9.17) is 9.47 Å². The van der Waals surface area contributed by atoms with Crippen molar-refractivity contribution >= 4 is 23.1 Å². The predicted octanol–water partition coefficient (Wildman–Crippen LogP) is 4.63. The van der Waals surface area contributed by atoms with Crippen LogP contribution in [0.2, 0.25) is 0 Å². The molecule has 0 saturated carbocycles. The smallest absolute Gasteiger partial charge is 0.294 e. The molecular weight excluding hydrogens is 497 g/mol. The lowest BCUT2D eigenvalue weighted by atomic mass is 10.0. The minimum Gasteiger partial charge on any atom is -0.449 e. The lowest BCUT2D eigenvalue weighted by Crippen LogP contribution is -2.38. The van der Waals surface area contributed by atoms with Crippen LogP contribution in [-0.4, -0.2) is 56.1 Å². The molecule has 3 aromatic carbocycles. The number of fused-ring (bicyclic) bond motifs is 1. The van der Waals surface area contributed by atoms with Gasteiger partial charge in [-0.15, -0.1) is 0 Å². The van der Waals surface area contributed by atoms with Crippen molar-refractivity contribution < 1.29 is 23.5 Å². The normalized spacial score (nSPS) is 16.9. The zero-order valence-corrected chi connectivity index (χ0v) is 22.0. The summed E-state index contributed by atoms with van der Waals surface area (Å²) in [6.45, 7) is 7.06. The number of hydrogen-bond donors (Lipinski definition) is 1. The first-order chi connectivity index (χ1) is 19.0. The number of allylic oxidation sites excluding steroid dienone is 1. The zero-order chi connectivity index (χ0) is 27.2. The Balaban J connectivity index is 1.28. The van der Waals surface area contributed by atoms with Crippen molar-refractivity contribution in [1.29, 1.82) is 0 Å². The maximum absolute atomic E-state index is 13.6. The number of nitrogens with one attached hydrogen (secondary N) is 1. The highest BCUT2D eigenvalue weighted by Crippen LogP contribution is 2.38. The van der Waals surface area contributed by atoms with Gasteiger partial charge in [0.25, 0.3) is 11.8 Å². The molecule has 7 nitrogen and oxygen atoms in total. The van der Waals surface area contributed by atoms with Crippen LogP contribution in [0.5, 0.6) is 5.75 Å². The van der Waals surface area contributed by atoms with Crippen molar-refractivity contribution in [3.05, 3.63) is 101 Å². The number of morpholine rings is 1. The van der Waals surface area contributed by atoms with Crippen molar-refractivity contribution in [2.45, 2.75) is 19.9 Å². The number of anilines is 1. The van der Waals surface area contributed by atoms with E-state index in [1.54, 1.807) is 29.2 Å². The molecule has 1 saturated heterocycles. The average Bonchev–Trinajstić information content (AvgIpc) is 2.98. The van der Waals surface area contributed by atoms with Crippen LogP contribution in [0.3, 0.4) is 0 Å². The van der Waals surface area contributed by atoms with Gasteiger partial charge in [0.05, 0.1) is 25.4 Å². The third-order valence-electron chi connectivity index (χ3n) is 7.02. The highest BCUT2D eigenvalue weighted by molar-refractivity contribution is 6.11. The molecule has 0 spiro atoms. The first kappa shape index (κ1) is 26.6. The summed E-state index contributed by atoms with van der Waals surface area (Å²) in [6, 6.07) is 20.6. The Morgan fingerprint density at radius 2 is 1.64 bits per heavy atom. The summed E-state index contributed by atoms with van der Waals surface area (Å²) < 4.78 is 24.9. The van der Waals surface area contributed by atoms with E-state index in [1.807, 2.05) is 43.3 Å². The van der Waals surface area contributed by atoms with Crippen LogP contribution >= 0.6 is 0 Å². The Hall–Kier alpha value is -4.01. The predicted molar refractivity (Wildman–Crippen MR) is 148 cm³/mol. The van der Waals surface area contributed by atoms with Crippen LogP contribution in [-0.2, 0) is 16.1 Å². The molecule has 1 N–H and O–H groups in total. The Bertz CT molecular complexity index is 1350. The van der Waals surface area contributed by atoms with Crippen molar-refractivity contribution in [3.8, 4) is 5.75 Å². The summed E-state index contributed by atoms with van der Waals surface area (Å²) in [4.78, 5) is 30.2. The van der Waals surface area contributed by atoms with E-state index in [0.717, 1.165) is 50.4 Å². The van der Waals surface area contributed by atoms with E-state index in [9.17, 15) is 14.0 Å². The summed E-state index contributed by atoms with van der Waals surface area (Å²) in [6.07, 6.45) is 0.879. The Morgan fingerprint density at radius 3 is 2.38 bits per heavy atom. The molecule has 2 aliphatic heterocycles. The molecule has 3 aromatic rings. The van der Waals surface area contributed by atoms with Gasteiger partial charge in [-0.1, -0.05) is 36.4 Å². The molecule has 2 aliphatic rings. The second-order valence-electron chi connectivity index (χ2n) is 9.68. The highest BCUT2D eigenvalue weighted by atomic mass is 19.1. The van der Waals surface area contributed by atoms with E-state index in [-0.39, 0.29) is 29.9 Å². The van der Waals surface area contributed by atoms with E-state index in [1.165, 1.54) is 12.1 Å². The molecule has 202 valence electrons. The lowest BCUT2D eigenvalue weighted by Gasteiger charge is -2.31. The number of ether oxygens (including phenoxy) is 2. The van der Waals surface area contributed by atoms with Crippen LogP contribution < -0.4 is 15.0 Å². The topological polar surface area (TPSA) is 71.1 Å². The van der Waals surface area contributed by atoms with Gasteiger partial charge in [0.15, 0.2) is 11.5 Å². The Labute approximate surface area is 227 Å². The maximum atomic E-state index is 13.6. The number of rotatable bonds is 8. The molecule has 39 heavy (non-hydrogen) atoms. The van der Waals surface area contributed by atoms with Crippen molar-refractivity contribution in [1.82, 2.24) is 10.2 Å². The van der Waals surface area contributed by atoms with Gasteiger partial charge < -0.3 is 14.8 Å². The first-order valence-corrected chi connectivity index (χ1v) is 13.2. The number of para-hydroxylation sites is 2. The number of hydrogen-bond acceptors (Lipinski definition) is 5. The number of amides is 2. The van der Waals surface area contributed by atoms with E-state index in [2.05, 4.69) is 10.2 Å². The molecule has 0 aromatic heterocycles. The molecule has 8 heteroatoms. The minimum atomic E-state index is -0.325. The number of benzene rings is 3. The van der Waals surface area contributed by atoms with Gasteiger partial charge in [-0.05, 0) is 67.4 Å².